The number of nitrogens with zero attached hydrogens (tertiary/aromatic N) is 1. The van der Waals surface area contributed by atoms with Gasteiger partial charge in [-0.25, -0.2) is 13.2 Å². The number of aliphatic carboxylic acids is 1. The third kappa shape index (κ3) is 5.00. The molecular weight excluding hydrogens is 424 g/mol. The first-order chi connectivity index (χ1) is 14.5. The van der Waals surface area contributed by atoms with Crippen molar-refractivity contribution in [2.45, 2.75) is 63.4 Å². The number of unbranched alkanes of at least 4 members (excludes halogenated alkanes) is 1. The highest BCUT2D eigenvalue weighted by molar-refractivity contribution is 7.91. The van der Waals surface area contributed by atoms with Crippen LogP contribution in [0.3, 0.4) is 0 Å². The molecular formula is C21H30N2O7S. The van der Waals surface area contributed by atoms with Crippen molar-refractivity contribution in [2.24, 2.45) is 5.92 Å². The molecule has 10 heteroatoms. The zero-order valence-corrected chi connectivity index (χ0v) is 19.1. The molecule has 2 N–H and O–H groups in total. The maximum absolute atomic E-state index is 13.0. The standard InChI is InChI=1S/C21H30N2O7S/c1-5-7-12-30-15-8-10-16(11-9-15)31(28,29)13-17(18(24)25)21(4)19(26)22-20(27)23(21)14(3)6-2/h8-11,14,17H,5-7,12-13H2,1-4H3,(H,24,25)(H,22,26,27). The quantitative estimate of drug-likeness (QED) is 0.388. The number of nitrogens with one attached hydrogen (secondary N) is 1. The fourth-order valence-electron chi connectivity index (χ4n) is 3.64. The average Bonchev–Trinajstić information content (AvgIpc) is 2.95. The molecule has 0 bridgehead atoms. The number of amides is 3. The Morgan fingerprint density at radius 3 is 2.35 bits per heavy atom. The third-order valence-electron chi connectivity index (χ3n) is 5.74. The lowest BCUT2D eigenvalue weighted by Crippen LogP contribution is -2.59. The third-order valence-corrected chi connectivity index (χ3v) is 7.51. The van der Waals surface area contributed by atoms with Gasteiger partial charge in [0.05, 0.1) is 17.3 Å². The highest BCUT2D eigenvalue weighted by Gasteiger charge is 2.58. The smallest absolute Gasteiger partial charge is 0.325 e. The van der Waals surface area contributed by atoms with Crippen LogP contribution in [0.5, 0.6) is 5.75 Å². The van der Waals surface area contributed by atoms with Crippen molar-refractivity contribution < 1.29 is 32.6 Å². The Bertz CT molecular complexity index is 930. The van der Waals surface area contributed by atoms with Gasteiger partial charge in [-0.2, -0.15) is 0 Å². The van der Waals surface area contributed by atoms with Crippen LogP contribution in [0.1, 0.15) is 47.0 Å². The van der Waals surface area contributed by atoms with Crippen LogP contribution in [-0.2, 0) is 19.4 Å². The molecule has 31 heavy (non-hydrogen) atoms. The maximum atomic E-state index is 13.0. The van der Waals surface area contributed by atoms with Crippen LogP contribution < -0.4 is 10.1 Å². The molecule has 1 heterocycles. The van der Waals surface area contributed by atoms with E-state index in [4.69, 9.17) is 4.74 Å². The molecule has 0 aromatic heterocycles. The number of ether oxygens (including phenoxy) is 1. The molecule has 0 saturated carbocycles. The summed E-state index contributed by atoms with van der Waals surface area (Å²) in [6, 6.07) is 4.54. The average molecular weight is 455 g/mol. The minimum absolute atomic E-state index is 0.0787. The first-order valence-corrected chi connectivity index (χ1v) is 12.0. The molecule has 0 spiro atoms. The van der Waals surface area contributed by atoms with Gasteiger partial charge in [0.1, 0.15) is 17.2 Å². The van der Waals surface area contributed by atoms with E-state index in [1.165, 1.54) is 31.2 Å². The summed E-state index contributed by atoms with van der Waals surface area (Å²) in [6.07, 6.45) is 2.30. The van der Waals surface area contributed by atoms with E-state index in [0.29, 0.717) is 18.8 Å². The van der Waals surface area contributed by atoms with Gasteiger partial charge < -0.3 is 14.7 Å². The van der Waals surface area contributed by atoms with Crippen molar-refractivity contribution in [3.8, 4) is 5.75 Å². The molecule has 0 radical (unpaired) electrons. The second-order valence-corrected chi connectivity index (χ2v) is 9.91. The number of carbonyl (C=O) groups excluding carboxylic acids is 2. The topological polar surface area (TPSA) is 130 Å². The van der Waals surface area contributed by atoms with Gasteiger partial charge in [-0.1, -0.05) is 20.3 Å². The Hall–Kier alpha value is -2.62. The summed E-state index contributed by atoms with van der Waals surface area (Å²) in [7, 11) is -4.07. The molecule has 1 saturated heterocycles. The summed E-state index contributed by atoms with van der Waals surface area (Å²) >= 11 is 0. The van der Waals surface area contributed by atoms with Gasteiger partial charge in [0.25, 0.3) is 5.91 Å². The Morgan fingerprint density at radius 1 is 1.23 bits per heavy atom. The van der Waals surface area contributed by atoms with Crippen LogP contribution in [0, 0.1) is 5.92 Å². The molecule has 9 nitrogen and oxygen atoms in total. The molecule has 3 atom stereocenters. The largest absolute Gasteiger partial charge is 0.494 e. The Labute approximate surface area is 182 Å². The number of urea groups is 1. The van der Waals surface area contributed by atoms with E-state index in [-0.39, 0.29) is 4.90 Å². The van der Waals surface area contributed by atoms with Crippen LogP contribution in [-0.4, -0.2) is 60.3 Å². The van der Waals surface area contributed by atoms with Gasteiger partial charge in [-0.3, -0.25) is 14.9 Å². The van der Waals surface area contributed by atoms with E-state index in [2.05, 4.69) is 5.32 Å². The lowest BCUT2D eigenvalue weighted by molar-refractivity contribution is -0.149. The van der Waals surface area contributed by atoms with Crippen LogP contribution in [0.15, 0.2) is 29.2 Å². The van der Waals surface area contributed by atoms with Gasteiger partial charge in [-0.05, 0) is 51.0 Å². The van der Waals surface area contributed by atoms with Crippen LogP contribution >= 0.6 is 0 Å². The van der Waals surface area contributed by atoms with Crippen molar-refractivity contribution in [1.82, 2.24) is 10.2 Å². The molecule has 0 aliphatic carbocycles. The summed E-state index contributed by atoms with van der Waals surface area (Å²) in [5.41, 5.74) is -1.84. The number of hydrogen-bond donors (Lipinski definition) is 2. The number of carbonyl (C=O) groups is 3. The molecule has 3 unspecified atom stereocenters. The molecule has 2 rings (SSSR count). The maximum Gasteiger partial charge on any atom is 0.325 e. The second-order valence-electron chi connectivity index (χ2n) is 7.88. The molecule has 172 valence electrons. The van der Waals surface area contributed by atoms with Gasteiger partial charge in [0.2, 0.25) is 0 Å². The molecule has 1 aromatic rings. The molecule has 3 amide bonds. The number of carboxylic acid groups (broad SMARTS) is 1. The first kappa shape index (κ1) is 24.6. The number of imide groups is 1. The molecule has 1 fully saturated rings. The Kier molecular flexibility index (Phi) is 7.69. The van der Waals surface area contributed by atoms with Crippen molar-refractivity contribution in [2.75, 3.05) is 12.4 Å². The fraction of sp³-hybridized carbons (Fsp3) is 0.571. The lowest BCUT2D eigenvalue weighted by Gasteiger charge is -2.39. The Morgan fingerprint density at radius 2 is 1.84 bits per heavy atom. The second kappa shape index (κ2) is 9.67. The van der Waals surface area contributed by atoms with E-state index in [9.17, 15) is 27.9 Å². The first-order valence-electron chi connectivity index (χ1n) is 10.3. The van der Waals surface area contributed by atoms with Gasteiger partial charge in [0, 0.05) is 6.04 Å². The molecule has 1 aliphatic rings. The number of sulfone groups is 1. The van der Waals surface area contributed by atoms with Crippen molar-refractivity contribution >= 4 is 27.7 Å². The highest BCUT2D eigenvalue weighted by atomic mass is 32.2. The highest BCUT2D eigenvalue weighted by Crippen LogP contribution is 2.35. The van der Waals surface area contributed by atoms with Gasteiger partial charge in [-0.15, -0.1) is 0 Å². The minimum atomic E-state index is -4.07. The number of benzene rings is 1. The molecule has 1 aliphatic heterocycles. The van der Waals surface area contributed by atoms with E-state index >= 15 is 0 Å². The monoisotopic (exact) mass is 454 g/mol. The van der Waals surface area contributed by atoms with Crippen LogP contribution in [0.25, 0.3) is 0 Å². The lowest BCUT2D eigenvalue weighted by atomic mass is 9.84. The predicted molar refractivity (Wildman–Crippen MR) is 114 cm³/mol. The summed E-state index contributed by atoms with van der Waals surface area (Å²) in [6.45, 7) is 7.31. The van der Waals surface area contributed by atoms with Crippen LogP contribution in [0.2, 0.25) is 0 Å². The van der Waals surface area contributed by atoms with Gasteiger partial charge >= 0.3 is 12.0 Å². The fourth-order valence-corrected chi connectivity index (χ4v) is 5.29. The van der Waals surface area contributed by atoms with E-state index in [1.807, 2.05) is 6.92 Å². The van der Waals surface area contributed by atoms with E-state index in [1.54, 1.807) is 13.8 Å². The van der Waals surface area contributed by atoms with Crippen molar-refractivity contribution in [1.29, 1.82) is 0 Å². The normalized spacial score (nSPS) is 21.0. The summed E-state index contributed by atoms with van der Waals surface area (Å²) in [5.74, 6) is -4.26. The Balaban J connectivity index is 2.34. The number of rotatable bonds is 11. The number of hydrogen-bond acceptors (Lipinski definition) is 6. The van der Waals surface area contributed by atoms with Crippen molar-refractivity contribution in [3.05, 3.63) is 24.3 Å². The summed E-state index contributed by atoms with van der Waals surface area (Å²) in [4.78, 5) is 38.1. The zero-order chi connectivity index (χ0) is 23.4. The number of carboxylic acids is 1. The van der Waals surface area contributed by atoms with Gasteiger partial charge in [0.15, 0.2) is 9.84 Å². The summed E-state index contributed by atoms with van der Waals surface area (Å²) < 4.78 is 31.5. The van der Waals surface area contributed by atoms with Crippen LogP contribution in [0.4, 0.5) is 4.79 Å². The molecule has 1 aromatic carbocycles. The predicted octanol–water partition coefficient (Wildman–Crippen LogP) is 2.45. The van der Waals surface area contributed by atoms with E-state index in [0.717, 1.165) is 17.7 Å². The zero-order valence-electron chi connectivity index (χ0n) is 18.3. The summed E-state index contributed by atoms with van der Waals surface area (Å²) in [5, 5.41) is 12.0. The van der Waals surface area contributed by atoms with E-state index < -0.39 is 51.0 Å². The minimum Gasteiger partial charge on any atom is -0.494 e. The van der Waals surface area contributed by atoms with Crippen molar-refractivity contribution in [3.63, 3.8) is 0 Å². The SMILES string of the molecule is CCCCOc1ccc(S(=O)(=O)CC(C(=O)O)C2(C)C(=O)NC(=O)N2C(C)CC)cc1.